The van der Waals surface area contributed by atoms with Gasteiger partial charge in [0.05, 0.1) is 12.3 Å². The average molecular weight is 301 g/mol. The van der Waals surface area contributed by atoms with Crippen molar-refractivity contribution in [3.05, 3.63) is 36.0 Å². The first kappa shape index (κ1) is 16.1. The number of ether oxygens (including phenoxy) is 1. The van der Waals surface area contributed by atoms with Gasteiger partial charge >= 0.3 is 0 Å². The monoisotopic (exact) mass is 301 g/mol. The van der Waals surface area contributed by atoms with Crippen LogP contribution in [0.3, 0.4) is 0 Å². The van der Waals surface area contributed by atoms with Gasteiger partial charge in [-0.3, -0.25) is 9.48 Å². The van der Waals surface area contributed by atoms with Gasteiger partial charge in [0, 0.05) is 25.9 Å². The SMILES string of the molecule is CCOc1ccccc1-c1nn([C@@H](C)C(=O)N(C)C)cc1C. The van der Waals surface area contributed by atoms with Crippen molar-refractivity contribution >= 4 is 5.91 Å². The summed E-state index contributed by atoms with van der Waals surface area (Å²) in [6.07, 6.45) is 1.91. The van der Waals surface area contributed by atoms with Gasteiger partial charge in [-0.1, -0.05) is 12.1 Å². The van der Waals surface area contributed by atoms with Crippen LogP contribution in [0.1, 0.15) is 25.5 Å². The molecule has 118 valence electrons. The van der Waals surface area contributed by atoms with Gasteiger partial charge in [-0.25, -0.2) is 0 Å². The van der Waals surface area contributed by atoms with E-state index in [1.807, 2.05) is 51.2 Å². The summed E-state index contributed by atoms with van der Waals surface area (Å²) in [5.41, 5.74) is 2.82. The molecule has 0 aliphatic carbocycles. The van der Waals surface area contributed by atoms with Crippen LogP contribution in [-0.2, 0) is 4.79 Å². The fraction of sp³-hybridized carbons (Fsp3) is 0.412. The van der Waals surface area contributed by atoms with Crippen molar-refractivity contribution in [2.45, 2.75) is 26.8 Å². The molecule has 1 aromatic heterocycles. The molecule has 0 N–H and O–H groups in total. The molecule has 0 saturated heterocycles. The molecular weight excluding hydrogens is 278 g/mol. The van der Waals surface area contributed by atoms with E-state index in [1.165, 1.54) is 0 Å². The standard InChI is InChI=1S/C17H23N3O2/c1-6-22-15-10-8-7-9-14(15)16-12(2)11-20(18-16)13(3)17(21)19(4)5/h7-11,13H,6H2,1-5H3/t13-/m0/s1. The van der Waals surface area contributed by atoms with Gasteiger partial charge in [0.2, 0.25) is 5.91 Å². The van der Waals surface area contributed by atoms with Crippen LogP contribution in [0.15, 0.2) is 30.5 Å². The minimum Gasteiger partial charge on any atom is -0.493 e. The third-order valence-corrected chi connectivity index (χ3v) is 3.55. The fourth-order valence-corrected chi connectivity index (χ4v) is 2.38. The Bertz CT molecular complexity index is 662. The number of nitrogens with zero attached hydrogens (tertiary/aromatic N) is 3. The Labute approximate surface area is 131 Å². The van der Waals surface area contributed by atoms with Crippen molar-refractivity contribution < 1.29 is 9.53 Å². The van der Waals surface area contributed by atoms with Crippen LogP contribution in [0.5, 0.6) is 5.75 Å². The molecule has 0 spiro atoms. The van der Waals surface area contributed by atoms with E-state index in [1.54, 1.807) is 23.7 Å². The highest BCUT2D eigenvalue weighted by Gasteiger charge is 2.20. The highest BCUT2D eigenvalue weighted by atomic mass is 16.5. The largest absolute Gasteiger partial charge is 0.493 e. The van der Waals surface area contributed by atoms with Gasteiger partial charge < -0.3 is 9.64 Å². The van der Waals surface area contributed by atoms with Crippen LogP contribution >= 0.6 is 0 Å². The number of hydrogen-bond acceptors (Lipinski definition) is 3. The molecule has 1 amide bonds. The lowest BCUT2D eigenvalue weighted by Crippen LogP contribution is -2.30. The maximum absolute atomic E-state index is 12.1. The highest BCUT2D eigenvalue weighted by Crippen LogP contribution is 2.31. The number of aryl methyl sites for hydroxylation is 1. The summed E-state index contributed by atoms with van der Waals surface area (Å²) in [6.45, 7) is 6.41. The number of carbonyl (C=O) groups excluding carboxylic acids is 1. The lowest BCUT2D eigenvalue weighted by Gasteiger charge is -2.17. The molecule has 5 heteroatoms. The number of hydrogen-bond donors (Lipinski definition) is 0. The van der Waals surface area contributed by atoms with Gasteiger partial charge in [0.1, 0.15) is 11.8 Å². The third-order valence-electron chi connectivity index (χ3n) is 3.55. The summed E-state index contributed by atoms with van der Waals surface area (Å²) >= 11 is 0. The van der Waals surface area contributed by atoms with Gasteiger partial charge in [-0.2, -0.15) is 5.10 Å². The molecule has 1 aromatic carbocycles. The van der Waals surface area contributed by atoms with E-state index in [9.17, 15) is 4.79 Å². The van der Waals surface area contributed by atoms with E-state index in [0.29, 0.717) is 6.61 Å². The van der Waals surface area contributed by atoms with Gasteiger partial charge in [-0.15, -0.1) is 0 Å². The number of benzene rings is 1. The van der Waals surface area contributed by atoms with Crippen LogP contribution in [0.2, 0.25) is 0 Å². The number of carbonyl (C=O) groups is 1. The molecule has 0 aliphatic heterocycles. The Morgan fingerprint density at radius 1 is 1.36 bits per heavy atom. The Morgan fingerprint density at radius 3 is 2.68 bits per heavy atom. The molecule has 2 rings (SSSR count). The molecule has 5 nitrogen and oxygen atoms in total. The van der Waals surface area contributed by atoms with Crippen LogP contribution in [-0.4, -0.2) is 41.3 Å². The minimum absolute atomic E-state index is 0.0205. The minimum atomic E-state index is -0.332. The van der Waals surface area contributed by atoms with Crippen molar-refractivity contribution in [3.8, 4) is 17.0 Å². The van der Waals surface area contributed by atoms with Gasteiger partial charge in [-0.05, 0) is 38.5 Å². The summed E-state index contributed by atoms with van der Waals surface area (Å²) in [5, 5.41) is 4.62. The first-order valence-electron chi connectivity index (χ1n) is 7.44. The Balaban J connectivity index is 2.41. The van der Waals surface area contributed by atoms with Crippen molar-refractivity contribution in [3.63, 3.8) is 0 Å². The maximum atomic E-state index is 12.1. The molecule has 0 unspecified atom stereocenters. The van der Waals surface area contributed by atoms with E-state index in [4.69, 9.17) is 4.74 Å². The van der Waals surface area contributed by atoms with E-state index >= 15 is 0 Å². The maximum Gasteiger partial charge on any atom is 0.246 e. The molecule has 22 heavy (non-hydrogen) atoms. The highest BCUT2D eigenvalue weighted by molar-refractivity contribution is 5.79. The zero-order valence-corrected chi connectivity index (χ0v) is 13.8. The third kappa shape index (κ3) is 3.13. The van der Waals surface area contributed by atoms with E-state index in [-0.39, 0.29) is 11.9 Å². The van der Waals surface area contributed by atoms with Crippen molar-refractivity contribution in [1.82, 2.24) is 14.7 Å². The van der Waals surface area contributed by atoms with Crippen molar-refractivity contribution in [2.24, 2.45) is 0 Å². The van der Waals surface area contributed by atoms with Gasteiger partial charge in [0.15, 0.2) is 0 Å². The summed E-state index contributed by atoms with van der Waals surface area (Å²) in [6, 6.07) is 7.50. The van der Waals surface area contributed by atoms with E-state index in [2.05, 4.69) is 5.10 Å². The molecule has 2 aromatic rings. The first-order valence-corrected chi connectivity index (χ1v) is 7.44. The van der Waals surface area contributed by atoms with Crippen LogP contribution in [0.25, 0.3) is 11.3 Å². The molecule has 0 aliphatic rings. The van der Waals surface area contributed by atoms with Crippen LogP contribution < -0.4 is 4.74 Å². The number of likely N-dealkylation sites (N-methyl/N-ethyl adjacent to an activating group) is 1. The molecule has 0 saturated carbocycles. The number of amides is 1. The normalized spacial score (nSPS) is 12.0. The van der Waals surface area contributed by atoms with Gasteiger partial charge in [0.25, 0.3) is 0 Å². The Kier molecular flexibility index (Phi) is 4.85. The predicted molar refractivity (Wildman–Crippen MR) is 87.0 cm³/mol. The first-order chi connectivity index (χ1) is 10.5. The topological polar surface area (TPSA) is 47.4 Å². The Hall–Kier alpha value is -2.30. The molecule has 1 heterocycles. The van der Waals surface area contributed by atoms with Crippen molar-refractivity contribution in [2.75, 3.05) is 20.7 Å². The lowest BCUT2D eigenvalue weighted by atomic mass is 10.1. The van der Waals surface area contributed by atoms with E-state index < -0.39 is 0 Å². The lowest BCUT2D eigenvalue weighted by molar-refractivity contribution is -0.131. The number of aromatic nitrogens is 2. The van der Waals surface area contributed by atoms with Crippen LogP contribution in [0, 0.1) is 6.92 Å². The van der Waals surface area contributed by atoms with E-state index in [0.717, 1.165) is 22.6 Å². The van der Waals surface area contributed by atoms with Crippen LogP contribution in [0.4, 0.5) is 0 Å². The summed E-state index contributed by atoms with van der Waals surface area (Å²) in [7, 11) is 3.50. The summed E-state index contributed by atoms with van der Waals surface area (Å²) in [4.78, 5) is 13.7. The smallest absolute Gasteiger partial charge is 0.246 e. The second-order valence-electron chi connectivity index (χ2n) is 5.48. The second kappa shape index (κ2) is 6.64. The zero-order chi connectivity index (χ0) is 16.3. The number of rotatable bonds is 5. The molecule has 0 bridgehead atoms. The average Bonchev–Trinajstić information content (AvgIpc) is 2.88. The Morgan fingerprint density at radius 2 is 2.05 bits per heavy atom. The van der Waals surface area contributed by atoms with Crippen molar-refractivity contribution in [1.29, 1.82) is 0 Å². The molecule has 1 atom stereocenters. The predicted octanol–water partition coefficient (Wildman–Crippen LogP) is 2.91. The number of para-hydroxylation sites is 1. The summed E-state index contributed by atoms with van der Waals surface area (Å²) < 4.78 is 7.40. The second-order valence-corrected chi connectivity index (χ2v) is 5.48. The molecule has 0 radical (unpaired) electrons. The quantitative estimate of drug-likeness (QED) is 0.853. The summed E-state index contributed by atoms with van der Waals surface area (Å²) in [5.74, 6) is 0.831. The fourth-order valence-electron chi connectivity index (χ4n) is 2.38. The zero-order valence-electron chi connectivity index (χ0n) is 13.8. The molecular formula is C17H23N3O2. The molecule has 0 fully saturated rings.